The number of amides is 3. The molecule has 0 bridgehead atoms. The van der Waals surface area contributed by atoms with Crippen LogP contribution < -0.4 is 14.5 Å². The van der Waals surface area contributed by atoms with Crippen molar-refractivity contribution in [3.05, 3.63) is 74.2 Å². The van der Waals surface area contributed by atoms with E-state index in [0.29, 0.717) is 52.4 Å². The van der Waals surface area contributed by atoms with Gasteiger partial charge in [-0.1, -0.05) is 47.4 Å². The number of imide groups is 1. The van der Waals surface area contributed by atoms with E-state index >= 15 is 0 Å². The fourth-order valence-corrected chi connectivity index (χ4v) is 7.86. The first-order chi connectivity index (χ1) is 19.6. The molecule has 9 nitrogen and oxygen atoms in total. The molecular formula is C27H22F3N3O6S2. The maximum Gasteiger partial charge on any atom is 0.418 e. The minimum atomic E-state index is -4.78. The molecule has 0 radical (unpaired) electrons. The predicted molar refractivity (Wildman–Crippen MR) is 143 cm³/mol. The number of carbonyl (C=O) groups is 3. The third kappa shape index (κ3) is 5.04. The number of hydrogen-bond donors (Lipinski definition) is 1. The van der Waals surface area contributed by atoms with Gasteiger partial charge in [0.1, 0.15) is 11.0 Å². The molecule has 3 aliphatic rings. The molecule has 4 heterocycles. The first kappa shape index (κ1) is 27.5. The number of rotatable bonds is 5. The Morgan fingerprint density at radius 1 is 1.02 bits per heavy atom. The normalized spacial score (nSPS) is 22.5. The summed E-state index contributed by atoms with van der Waals surface area (Å²) >= 11 is 1.88. The Kier molecular flexibility index (Phi) is 7.16. The van der Waals surface area contributed by atoms with Gasteiger partial charge in [0.05, 0.1) is 35.4 Å². The number of anilines is 1. The highest BCUT2D eigenvalue weighted by atomic mass is 32.2. The Labute approximate surface area is 239 Å². The summed E-state index contributed by atoms with van der Waals surface area (Å²) in [5.41, 5.74) is -1.02. The van der Waals surface area contributed by atoms with Crippen LogP contribution in [-0.4, -0.2) is 65.8 Å². The van der Waals surface area contributed by atoms with Gasteiger partial charge in [0.15, 0.2) is 6.61 Å². The molecule has 2 saturated heterocycles. The van der Waals surface area contributed by atoms with E-state index in [9.17, 15) is 32.3 Å². The molecule has 0 spiro atoms. The number of thiazole rings is 1. The number of halogens is 3. The zero-order chi connectivity index (χ0) is 28.9. The van der Waals surface area contributed by atoms with Gasteiger partial charge in [0, 0.05) is 23.9 Å². The molecule has 1 N–H and O–H groups in total. The largest absolute Gasteiger partial charge is 0.484 e. The lowest BCUT2D eigenvalue weighted by Crippen LogP contribution is -2.42. The number of nitrogens with one attached hydrogen (secondary N) is 1. The Balaban J connectivity index is 1.30. The van der Waals surface area contributed by atoms with Gasteiger partial charge in [0.2, 0.25) is 11.8 Å². The minimum absolute atomic E-state index is 0.172. The molecule has 41 heavy (non-hydrogen) atoms. The molecule has 3 unspecified atom stereocenters. The second kappa shape index (κ2) is 10.7. The van der Waals surface area contributed by atoms with Crippen LogP contribution in [0.2, 0.25) is 0 Å². The monoisotopic (exact) mass is 605 g/mol. The SMILES string of the molecule is O=C(COc1ccc(C2c3sc(=O)[nH]c3SC3C(=O)N(c4ccccc4C(F)(F)F)C(=O)C32)cc1)N1CCOCC1. The number of hydrogen-bond acceptors (Lipinski definition) is 8. The number of alkyl halides is 3. The van der Waals surface area contributed by atoms with Crippen molar-refractivity contribution in [2.75, 3.05) is 37.8 Å². The number of thioether (sulfide) groups is 1. The van der Waals surface area contributed by atoms with Crippen molar-refractivity contribution in [2.24, 2.45) is 5.92 Å². The van der Waals surface area contributed by atoms with E-state index in [2.05, 4.69) is 4.98 Å². The lowest BCUT2D eigenvalue weighted by Gasteiger charge is -2.30. The van der Waals surface area contributed by atoms with Crippen LogP contribution in [0.5, 0.6) is 5.75 Å². The van der Waals surface area contributed by atoms with E-state index < -0.39 is 46.3 Å². The molecule has 214 valence electrons. The molecule has 3 amide bonds. The van der Waals surface area contributed by atoms with Gasteiger partial charge in [-0.3, -0.25) is 19.2 Å². The second-order valence-electron chi connectivity index (χ2n) is 9.63. The van der Waals surface area contributed by atoms with Gasteiger partial charge in [-0.2, -0.15) is 13.2 Å². The first-order valence-corrected chi connectivity index (χ1v) is 14.3. The van der Waals surface area contributed by atoms with Crippen LogP contribution in [-0.2, 0) is 25.3 Å². The van der Waals surface area contributed by atoms with E-state index in [1.807, 2.05) is 0 Å². The summed E-state index contributed by atoms with van der Waals surface area (Å²) in [5, 5.41) is -0.622. The lowest BCUT2D eigenvalue weighted by atomic mass is 9.83. The summed E-state index contributed by atoms with van der Waals surface area (Å²) in [6.07, 6.45) is -4.78. The van der Waals surface area contributed by atoms with Crippen molar-refractivity contribution in [3.8, 4) is 5.75 Å². The van der Waals surface area contributed by atoms with Crippen LogP contribution in [0, 0.1) is 5.92 Å². The quantitative estimate of drug-likeness (QED) is 0.444. The molecule has 3 aromatic rings. The number of nitrogens with zero attached hydrogens (tertiary/aromatic N) is 2. The molecule has 2 aromatic carbocycles. The summed E-state index contributed by atoms with van der Waals surface area (Å²) in [6, 6.07) is 11.1. The Bertz CT molecular complexity index is 1570. The Hall–Kier alpha value is -3.62. The highest BCUT2D eigenvalue weighted by molar-refractivity contribution is 8.00. The molecule has 3 atom stereocenters. The molecule has 1 aromatic heterocycles. The van der Waals surface area contributed by atoms with Crippen molar-refractivity contribution < 1.29 is 37.0 Å². The topological polar surface area (TPSA) is 109 Å². The number of aromatic nitrogens is 1. The number of benzene rings is 2. The van der Waals surface area contributed by atoms with Crippen molar-refractivity contribution in [1.29, 1.82) is 0 Å². The molecular weight excluding hydrogens is 583 g/mol. The van der Waals surface area contributed by atoms with Crippen molar-refractivity contribution in [1.82, 2.24) is 9.88 Å². The Morgan fingerprint density at radius 2 is 1.73 bits per heavy atom. The molecule has 6 rings (SSSR count). The summed E-state index contributed by atoms with van der Waals surface area (Å²) < 4.78 is 52.3. The summed E-state index contributed by atoms with van der Waals surface area (Å²) in [6.45, 7) is 1.74. The fourth-order valence-electron chi connectivity index (χ4n) is 5.34. The fraction of sp³-hybridized carbons (Fsp3) is 0.333. The van der Waals surface area contributed by atoms with E-state index in [1.54, 1.807) is 29.2 Å². The van der Waals surface area contributed by atoms with E-state index in [0.717, 1.165) is 35.2 Å². The van der Waals surface area contributed by atoms with E-state index in [-0.39, 0.29) is 17.4 Å². The van der Waals surface area contributed by atoms with Crippen molar-refractivity contribution in [3.63, 3.8) is 0 Å². The smallest absolute Gasteiger partial charge is 0.418 e. The zero-order valence-corrected chi connectivity index (χ0v) is 22.8. The van der Waals surface area contributed by atoms with Gasteiger partial charge >= 0.3 is 11.0 Å². The van der Waals surface area contributed by atoms with Gasteiger partial charge < -0.3 is 19.4 Å². The molecule has 14 heteroatoms. The van der Waals surface area contributed by atoms with Crippen molar-refractivity contribution in [2.45, 2.75) is 22.4 Å². The average Bonchev–Trinajstić information content (AvgIpc) is 3.46. The number of aromatic amines is 1. The van der Waals surface area contributed by atoms with Gasteiger partial charge in [-0.15, -0.1) is 0 Å². The first-order valence-electron chi connectivity index (χ1n) is 12.7. The number of carbonyl (C=O) groups excluding carboxylic acids is 3. The maximum atomic E-state index is 13.8. The maximum absolute atomic E-state index is 13.8. The molecule has 3 aliphatic heterocycles. The standard InChI is InChI=1S/C27H22F3N3O6S2/c28-27(29,30)16-3-1-2-4-17(16)33-24(35)20-19(21-23(31-26(37)41-21)40-22(20)25(33)36)14-5-7-15(8-6-14)39-13-18(34)32-9-11-38-12-10-32/h1-8,19-20,22H,9-13H2,(H,31,37). The van der Waals surface area contributed by atoms with E-state index in [1.165, 1.54) is 12.1 Å². The third-order valence-electron chi connectivity index (χ3n) is 7.24. The van der Waals surface area contributed by atoms with Crippen LogP contribution in [0.3, 0.4) is 0 Å². The summed E-state index contributed by atoms with van der Waals surface area (Å²) in [5.74, 6) is -3.12. The molecule has 2 fully saturated rings. The number of H-pyrrole nitrogens is 1. The second-order valence-corrected chi connectivity index (χ2v) is 11.8. The zero-order valence-electron chi connectivity index (χ0n) is 21.2. The van der Waals surface area contributed by atoms with Gasteiger partial charge in [-0.25, -0.2) is 4.90 Å². The highest BCUT2D eigenvalue weighted by Gasteiger charge is 2.57. The average molecular weight is 606 g/mol. The predicted octanol–water partition coefficient (Wildman–Crippen LogP) is 3.49. The number of morpholine rings is 1. The Morgan fingerprint density at radius 3 is 2.44 bits per heavy atom. The summed E-state index contributed by atoms with van der Waals surface area (Å²) in [7, 11) is 0. The lowest BCUT2D eigenvalue weighted by molar-refractivity contribution is -0.138. The number of para-hydroxylation sites is 1. The van der Waals surface area contributed by atoms with Crippen LogP contribution in [0.4, 0.5) is 18.9 Å². The highest BCUT2D eigenvalue weighted by Crippen LogP contribution is 2.54. The summed E-state index contributed by atoms with van der Waals surface area (Å²) in [4.78, 5) is 57.1. The molecule has 0 saturated carbocycles. The van der Waals surface area contributed by atoms with Gasteiger partial charge in [0.25, 0.3) is 5.91 Å². The van der Waals surface area contributed by atoms with Crippen molar-refractivity contribution >= 4 is 46.5 Å². The van der Waals surface area contributed by atoms with Gasteiger partial charge in [-0.05, 0) is 29.8 Å². The van der Waals surface area contributed by atoms with Crippen LogP contribution in [0.1, 0.15) is 21.9 Å². The minimum Gasteiger partial charge on any atom is -0.484 e. The van der Waals surface area contributed by atoms with E-state index in [4.69, 9.17) is 9.47 Å². The van der Waals surface area contributed by atoms with Crippen LogP contribution in [0.15, 0.2) is 58.4 Å². The van der Waals surface area contributed by atoms with Crippen LogP contribution in [0.25, 0.3) is 0 Å². The third-order valence-corrected chi connectivity index (χ3v) is 9.64. The number of fused-ring (bicyclic) bond motifs is 2. The number of ether oxygens (including phenoxy) is 2. The molecule has 0 aliphatic carbocycles. The van der Waals surface area contributed by atoms with Crippen LogP contribution >= 0.6 is 23.1 Å².